The van der Waals surface area contributed by atoms with Crippen LogP contribution in [0.25, 0.3) is 0 Å². The molecule has 2 rings (SSSR count). The van der Waals surface area contributed by atoms with Crippen LogP contribution in [0.2, 0.25) is 0 Å². The molecule has 0 radical (unpaired) electrons. The summed E-state index contributed by atoms with van der Waals surface area (Å²) in [6.07, 6.45) is 0. The zero-order valence-electron chi connectivity index (χ0n) is 12.2. The highest BCUT2D eigenvalue weighted by molar-refractivity contribution is 6.21. The van der Waals surface area contributed by atoms with E-state index in [0.29, 0.717) is 0 Å². The normalized spacial score (nSPS) is 12.0. The first-order valence-corrected chi connectivity index (χ1v) is 7.13. The number of halogens is 3. The lowest BCUT2D eigenvalue weighted by molar-refractivity contribution is -0.120. The van der Waals surface area contributed by atoms with Crippen molar-refractivity contribution < 1.29 is 13.6 Å². The van der Waals surface area contributed by atoms with Gasteiger partial charge in [-0.15, -0.1) is 0 Å². The van der Waals surface area contributed by atoms with Crippen LogP contribution in [0.15, 0.2) is 54.6 Å². The first-order chi connectivity index (χ1) is 10.2. The Labute approximate surface area is 133 Å². The first-order valence-electron chi connectivity index (χ1n) is 6.75. The van der Waals surface area contributed by atoms with Crippen molar-refractivity contribution in [1.29, 1.82) is 0 Å². The summed E-state index contributed by atoms with van der Waals surface area (Å²) >= 11 is 5.01. The third-order valence-corrected chi connectivity index (χ3v) is 3.73. The summed E-state index contributed by atoms with van der Waals surface area (Å²) in [6.45, 7) is 3.55. The average Bonchev–Trinajstić information content (AvgIpc) is 2.47. The Bertz CT molecular complexity index is 666. The summed E-state index contributed by atoms with van der Waals surface area (Å²) in [7, 11) is 0. The van der Waals surface area contributed by atoms with Crippen molar-refractivity contribution >= 4 is 23.2 Å². The number of alkyl halides is 3. The molecule has 2 aromatic rings. The molecule has 0 unspecified atom stereocenters. The molecule has 0 spiro atoms. The van der Waals surface area contributed by atoms with Crippen LogP contribution in [0.3, 0.4) is 0 Å². The predicted molar refractivity (Wildman–Crippen MR) is 84.3 cm³/mol. The molecule has 0 heterocycles. The van der Waals surface area contributed by atoms with E-state index in [2.05, 4.69) is 5.32 Å². The highest BCUT2D eigenvalue weighted by atomic mass is 35.5. The van der Waals surface area contributed by atoms with Gasteiger partial charge in [0.2, 0.25) is 5.91 Å². The van der Waals surface area contributed by atoms with Gasteiger partial charge in [0.05, 0.1) is 5.41 Å². The summed E-state index contributed by atoms with van der Waals surface area (Å²) in [4.78, 5) is 12.5. The lowest BCUT2D eigenvalue weighted by Gasteiger charge is -2.24. The van der Waals surface area contributed by atoms with E-state index in [1.165, 1.54) is 18.2 Å². The fourth-order valence-electron chi connectivity index (χ4n) is 2.05. The van der Waals surface area contributed by atoms with E-state index in [1.807, 2.05) is 30.3 Å². The molecule has 0 fully saturated rings. The number of carbonyl (C=O) groups excluding carboxylic acids is 1. The molecule has 0 atom stereocenters. The molecule has 1 amide bonds. The van der Waals surface area contributed by atoms with Gasteiger partial charge in [0, 0.05) is 11.3 Å². The molecule has 116 valence electrons. The Kier molecular flexibility index (Phi) is 4.52. The summed E-state index contributed by atoms with van der Waals surface area (Å²) in [5.41, 5.74) is -0.0246. The van der Waals surface area contributed by atoms with Crippen molar-refractivity contribution in [3.05, 3.63) is 65.7 Å². The van der Waals surface area contributed by atoms with Gasteiger partial charge in [-0.1, -0.05) is 42.5 Å². The molecule has 0 saturated heterocycles. The van der Waals surface area contributed by atoms with E-state index in [0.717, 1.165) is 5.56 Å². The highest BCUT2D eigenvalue weighted by Crippen LogP contribution is 2.34. The highest BCUT2D eigenvalue weighted by Gasteiger charge is 2.31. The van der Waals surface area contributed by atoms with Crippen LogP contribution in [0.5, 0.6) is 0 Å². The largest absolute Gasteiger partial charge is 0.348 e. The molecule has 22 heavy (non-hydrogen) atoms. The Hall–Kier alpha value is -1.94. The molecular formula is C17H16ClF2NO. The summed E-state index contributed by atoms with van der Waals surface area (Å²) < 4.78 is 26.2. The van der Waals surface area contributed by atoms with Crippen molar-refractivity contribution in [3.8, 4) is 0 Å². The molecule has 2 nitrogen and oxygen atoms in total. The van der Waals surface area contributed by atoms with Crippen LogP contribution in [-0.4, -0.2) is 5.91 Å². The molecule has 1 N–H and O–H groups in total. The third-order valence-electron chi connectivity index (χ3n) is 3.51. The van der Waals surface area contributed by atoms with Gasteiger partial charge in [-0.2, -0.15) is 8.78 Å². The zero-order chi connectivity index (χ0) is 16.4. The van der Waals surface area contributed by atoms with Crippen LogP contribution in [-0.2, 0) is 15.6 Å². The van der Waals surface area contributed by atoms with Gasteiger partial charge in [0.1, 0.15) is 0 Å². The van der Waals surface area contributed by atoms with Crippen molar-refractivity contribution in [2.45, 2.75) is 24.6 Å². The molecule has 0 saturated carbocycles. The maximum Gasteiger partial charge on any atom is 0.348 e. The van der Waals surface area contributed by atoms with E-state index in [9.17, 15) is 13.6 Å². The van der Waals surface area contributed by atoms with E-state index < -0.39 is 10.8 Å². The Balaban J connectivity index is 2.22. The number of rotatable bonds is 4. The van der Waals surface area contributed by atoms with Gasteiger partial charge >= 0.3 is 5.38 Å². The molecule has 0 bridgehead atoms. The second kappa shape index (κ2) is 6.05. The topological polar surface area (TPSA) is 29.1 Å². The molecule has 5 heteroatoms. The van der Waals surface area contributed by atoms with Crippen molar-refractivity contribution in [2.75, 3.05) is 5.32 Å². The lowest BCUT2D eigenvalue weighted by Crippen LogP contribution is -2.34. The standard InChI is InChI=1S/C17H16ClF2NO/c1-16(2,12-7-4-3-5-8-12)15(22)21-14-10-6-9-13(11-14)17(18,19)20/h3-11H,1-2H3,(H,21,22). The van der Waals surface area contributed by atoms with Crippen LogP contribution in [0, 0.1) is 0 Å². The van der Waals surface area contributed by atoms with Crippen LogP contribution >= 0.6 is 11.6 Å². The average molecular weight is 324 g/mol. The predicted octanol–water partition coefficient (Wildman–Crippen LogP) is 4.89. The quantitative estimate of drug-likeness (QED) is 0.797. The van der Waals surface area contributed by atoms with E-state index in [1.54, 1.807) is 19.9 Å². The van der Waals surface area contributed by atoms with Gasteiger partial charge in [-0.05, 0) is 43.1 Å². The van der Waals surface area contributed by atoms with E-state index in [-0.39, 0.29) is 17.2 Å². The number of amides is 1. The fraction of sp³-hybridized carbons (Fsp3) is 0.235. The van der Waals surface area contributed by atoms with E-state index in [4.69, 9.17) is 11.6 Å². The second-order valence-corrected chi connectivity index (χ2v) is 6.00. The monoisotopic (exact) mass is 323 g/mol. The third kappa shape index (κ3) is 3.63. The molecule has 0 aliphatic rings. The molecule has 0 aromatic heterocycles. The fourth-order valence-corrected chi connectivity index (χ4v) is 2.16. The molecule has 0 aliphatic carbocycles. The van der Waals surface area contributed by atoms with Crippen molar-refractivity contribution in [1.82, 2.24) is 0 Å². The number of hydrogen-bond acceptors (Lipinski definition) is 1. The lowest BCUT2D eigenvalue weighted by atomic mass is 9.83. The summed E-state index contributed by atoms with van der Waals surface area (Å²) in [5.74, 6) is -0.284. The van der Waals surface area contributed by atoms with Gasteiger partial charge in [-0.3, -0.25) is 4.79 Å². The van der Waals surface area contributed by atoms with E-state index >= 15 is 0 Å². The number of nitrogens with one attached hydrogen (secondary N) is 1. The summed E-state index contributed by atoms with van der Waals surface area (Å²) in [6, 6.07) is 14.6. The Morgan fingerprint density at radius 1 is 1.00 bits per heavy atom. The van der Waals surface area contributed by atoms with Gasteiger partial charge < -0.3 is 5.32 Å². The smallest absolute Gasteiger partial charge is 0.325 e. The maximum absolute atomic E-state index is 13.1. The van der Waals surface area contributed by atoms with Gasteiger partial charge in [0.15, 0.2) is 0 Å². The van der Waals surface area contributed by atoms with Crippen molar-refractivity contribution in [2.24, 2.45) is 0 Å². The number of anilines is 1. The Morgan fingerprint density at radius 3 is 2.18 bits per heavy atom. The van der Waals surface area contributed by atoms with Crippen LogP contribution < -0.4 is 5.32 Å². The number of hydrogen-bond donors (Lipinski definition) is 1. The van der Waals surface area contributed by atoms with Crippen LogP contribution in [0.4, 0.5) is 14.5 Å². The minimum Gasteiger partial charge on any atom is -0.325 e. The van der Waals surface area contributed by atoms with Gasteiger partial charge in [-0.25, -0.2) is 0 Å². The molecular weight excluding hydrogens is 308 g/mol. The van der Waals surface area contributed by atoms with Gasteiger partial charge in [0.25, 0.3) is 0 Å². The first kappa shape index (κ1) is 16.4. The SMILES string of the molecule is CC(C)(C(=O)Nc1cccc(C(F)(F)Cl)c1)c1ccccc1. The Morgan fingerprint density at radius 2 is 1.59 bits per heavy atom. The maximum atomic E-state index is 13.1. The van der Waals surface area contributed by atoms with Crippen LogP contribution in [0.1, 0.15) is 25.0 Å². The minimum absolute atomic E-state index is 0.284. The zero-order valence-corrected chi connectivity index (χ0v) is 13.0. The number of benzene rings is 2. The molecule has 0 aliphatic heterocycles. The minimum atomic E-state index is -3.46. The summed E-state index contributed by atoms with van der Waals surface area (Å²) in [5, 5.41) is -0.800. The number of carbonyl (C=O) groups is 1. The molecule has 2 aromatic carbocycles. The van der Waals surface area contributed by atoms with Crippen molar-refractivity contribution in [3.63, 3.8) is 0 Å². The second-order valence-electron chi connectivity index (χ2n) is 5.52.